The number of aryl methyl sites for hydroxylation is 1. The Morgan fingerprint density at radius 3 is 1.74 bits per heavy atom. The summed E-state index contributed by atoms with van der Waals surface area (Å²) in [6, 6.07) is 41.6. The second-order valence-electron chi connectivity index (χ2n) is 12.9. The Balaban J connectivity index is 1.45. The van der Waals surface area contributed by atoms with E-state index in [0.29, 0.717) is 18.6 Å². The van der Waals surface area contributed by atoms with Crippen LogP contribution in [0.4, 0.5) is 0 Å². The molecule has 2 atom stereocenters. The fraction of sp³-hybridized carbons (Fsp3) is 0.263. The standard InChI is InChI=1S/C38H40N2O4S2Si/c1-28-26-40(36(42)39-34(28)41)35-38(45-30-17-9-5-10-18-30,46-31-19-11-6-12-20-31)25-29(44-35)27-43-47(37(2,3)4,32-21-13-7-14-22-32)33-23-15-8-16-24-33/h5-24,26,29,35H,25,27H2,1-4H3,(H,39,41,42)/t29-,35?/m0/s1. The van der Waals surface area contributed by atoms with Gasteiger partial charge in [0.1, 0.15) is 4.08 Å². The molecule has 0 bridgehead atoms. The Morgan fingerprint density at radius 1 is 0.809 bits per heavy atom. The zero-order valence-electron chi connectivity index (χ0n) is 27.1. The molecule has 5 aromatic rings. The number of aromatic nitrogens is 2. The van der Waals surface area contributed by atoms with Gasteiger partial charge in [-0.25, -0.2) is 4.79 Å². The summed E-state index contributed by atoms with van der Waals surface area (Å²) in [6.07, 6.45) is 1.18. The number of thioether (sulfide) groups is 2. The second-order valence-corrected chi connectivity index (χ2v) is 20.3. The van der Waals surface area contributed by atoms with Crippen molar-refractivity contribution in [3.8, 4) is 0 Å². The van der Waals surface area contributed by atoms with Crippen molar-refractivity contribution >= 4 is 42.2 Å². The van der Waals surface area contributed by atoms with Gasteiger partial charge >= 0.3 is 5.69 Å². The first kappa shape index (κ1) is 33.3. The molecule has 1 aromatic heterocycles. The van der Waals surface area contributed by atoms with Crippen LogP contribution in [-0.4, -0.2) is 34.7 Å². The van der Waals surface area contributed by atoms with E-state index in [-0.39, 0.29) is 11.1 Å². The van der Waals surface area contributed by atoms with Crippen molar-refractivity contribution in [1.29, 1.82) is 0 Å². The molecule has 6 rings (SSSR count). The fourth-order valence-corrected chi connectivity index (χ4v) is 14.2. The summed E-state index contributed by atoms with van der Waals surface area (Å²) in [5, 5.41) is 2.20. The van der Waals surface area contributed by atoms with Crippen molar-refractivity contribution < 1.29 is 9.16 Å². The van der Waals surface area contributed by atoms with E-state index in [4.69, 9.17) is 9.16 Å². The first-order chi connectivity index (χ1) is 22.6. The minimum Gasteiger partial charge on any atom is -0.405 e. The van der Waals surface area contributed by atoms with Crippen molar-refractivity contribution in [3.05, 3.63) is 154 Å². The summed E-state index contributed by atoms with van der Waals surface area (Å²) < 4.78 is 15.2. The first-order valence-corrected chi connectivity index (χ1v) is 19.4. The maximum Gasteiger partial charge on any atom is 0.330 e. The molecule has 4 aromatic carbocycles. The van der Waals surface area contributed by atoms with Crippen molar-refractivity contribution in [2.75, 3.05) is 6.61 Å². The highest BCUT2D eigenvalue weighted by Gasteiger charge is 2.55. The van der Waals surface area contributed by atoms with Crippen LogP contribution in [0.25, 0.3) is 0 Å². The van der Waals surface area contributed by atoms with E-state index >= 15 is 0 Å². The molecule has 0 spiro atoms. The molecule has 0 saturated carbocycles. The maximum atomic E-state index is 13.5. The highest BCUT2D eigenvalue weighted by molar-refractivity contribution is 8.18. The molecule has 6 nitrogen and oxygen atoms in total. The Kier molecular flexibility index (Phi) is 9.82. The van der Waals surface area contributed by atoms with Gasteiger partial charge in [-0.3, -0.25) is 14.3 Å². The molecule has 242 valence electrons. The SMILES string of the molecule is Cc1cn(C2O[C@H](CO[Si](c3ccccc3)(c3ccccc3)C(C)(C)C)CC2(Sc2ccccc2)Sc2ccccc2)c(=O)[nH]c1=O. The lowest BCUT2D eigenvalue weighted by atomic mass is 10.2. The predicted molar refractivity (Wildman–Crippen MR) is 195 cm³/mol. The molecule has 1 aliphatic heterocycles. The van der Waals surface area contributed by atoms with Gasteiger partial charge < -0.3 is 9.16 Å². The molecule has 1 unspecified atom stereocenters. The lowest BCUT2D eigenvalue weighted by molar-refractivity contribution is -0.0224. The first-order valence-electron chi connectivity index (χ1n) is 15.8. The number of aromatic amines is 1. The van der Waals surface area contributed by atoms with Gasteiger partial charge in [0, 0.05) is 28.0 Å². The summed E-state index contributed by atoms with van der Waals surface area (Å²) >= 11 is 3.39. The summed E-state index contributed by atoms with van der Waals surface area (Å²) in [6.45, 7) is 8.85. The van der Waals surface area contributed by atoms with Crippen LogP contribution in [0.1, 0.15) is 39.0 Å². The highest BCUT2D eigenvalue weighted by Crippen LogP contribution is 2.59. The zero-order chi connectivity index (χ0) is 33.1. The smallest absolute Gasteiger partial charge is 0.330 e. The molecule has 2 heterocycles. The van der Waals surface area contributed by atoms with Crippen molar-refractivity contribution in [2.45, 2.75) is 65.4 Å². The normalized spacial score (nSPS) is 17.9. The van der Waals surface area contributed by atoms with Gasteiger partial charge in [-0.2, -0.15) is 0 Å². The van der Waals surface area contributed by atoms with E-state index in [1.165, 1.54) is 10.4 Å². The number of nitrogens with zero attached hydrogens (tertiary/aromatic N) is 1. The minimum absolute atomic E-state index is 0.199. The van der Waals surface area contributed by atoms with E-state index < -0.39 is 29.9 Å². The molecule has 1 aliphatic rings. The van der Waals surface area contributed by atoms with Gasteiger partial charge in [-0.05, 0) is 46.6 Å². The molecule has 47 heavy (non-hydrogen) atoms. The third-order valence-corrected chi connectivity index (χ3v) is 16.5. The van der Waals surface area contributed by atoms with Gasteiger partial charge in [-0.15, -0.1) is 23.5 Å². The highest BCUT2D eigenvalue weighted by atomic mass is 32.2. The largest absolute Gasteiger partial charge is 0.405 e. The van der Waals surface area contributed by atoms with Gasteiger partial charge in [-0.1, -0.05) is 118 Å². The van der Waals surface area contributed by atoms with Crippen molar-refractivity contribution in [2.24, 2.45) is 0 Å². The zero-order valence-corrected chi connectivity index (χ0v) is 29.7. The van der Waals surface area contributed by atoms with Crippen LogP contribution in [0.3, 0.4) is 0 Å². The summed E-state index contributed by atoms with van der Waals surface area (Å²) in [5.74, 6) is 0. The Hall–Kier alpha value is -3.60. The van der Waals surface area contributed by atoms with Gasteiger partial charge in [0.05, 0.1) is 12.7 Å². The molecular weight excluding hydrogens is 641 g/mol. The van der Waals surface area contributed by atoms with Crippen LogP contribution in [-0.2, 0) is 9.16 Å². The third kappa shape index (κ3) is 6.86. The van der Waals surface area contributed by atoms with Crippen LogP contribution >= 0.6 is 23.5 Å². The van der Waals surface area contributed by atoms with Crippen molar-refractivity contribution in [1.82, 2.24) is 9.55 Å². The van der Waals surface area contributed by atoms with E-state index in [1.54, 1.807) is 41.2 Å². The number of ether oxygens (including phenoxy) is 1. The minimum atomic E-state index is -2.85. The molecular formula is C38H40N2O4S2Si. The van der Waals surface area contributed by atoms with Crippen LogP contribution < -0.4 is 21.6 Å². The molecule has 0 aliphatic carbocycles. The predicted octanol–water partition coefficient (Wildman–Crippen LogP) is 6.99. The third-order valence-electron chi connectivity index (χ3n) is 8.58. The van der Waals surface area contributed by atoms with Crippen LogP contribution in [0, 0.1) is 6.92 Å². The quantitative estimate of drug-likeness (QED) is 0.127. The van der Waals surface area contributed by atoms with E-state index in [9.17, 15) is 9.59 Å². The van der Waals surface area contributed by atoms with Gasteiger partial charge in [0.25, 0.3) is 13.9 Å². The second kappa shape index (κ2) is 13.9. The van der Waals surface area contributed by atoms with Crippen LogP contribution in [0.15, 0.2) is 147 Å². The van der Waals surface area contributed by atoms with Gasteiger partial charge in [0.15, 0.2) is 6.23 Å². The van der Waals surface area contributed by atoms with Crippen LogP contribution in [0.2, 0.25) is 5.04 Å². The van der Waals surface area contributed by atoms with E-state index in [1.807, 2.05) is 48.5 Å². The summed E-state index contributed by atoms with van der Waals surface area (Å²) in [4.78, 5) is 30.6. The molecule has 1 fully saturated rings. The Bertz CT molecular complexity index is 1810. The average Bonchev–Trinajstić information content (AvgIpc) is 3.41. The molecule has 1 N–H and O–H groups in total. The molecule has 0 radical (unpaired) electrons. The maximum absolute atomic E-state index is 13.5. The lowest BCUT2D eigenvalue weighted by Gasteiger charge is -2.43. The number of benzene rings is 4. The summed E-state index contributed by atoms with van der Waals surface area (Å²) in [7, 11) is -2.85. The number of nitrogens with one attached hydrogen (secondary N) is 1. The number of hydrogen-bond acceptors (Lipinski definition) is 6. The molecule has 9 heteroatoms. The Labute approximate surface area is 285 Å². The summed E-state index contributed by atoms with van der Waals surface area (Å²) in [5.41, 5.74) is -0.442. The fourth-order valence-electron chi connectivity index (χ4n) is 6.45. The van der Waals surface area contributed by atoms with E-state index in [0.717, 1.165) is 9.79 Å². The number of rotatable bonds is 10. The topological polar surface area (TPSA) is 73.3 Å². The average molecular weight is 681 g/mol. The Morgan fingerprint density at radius 2 is 1.28 bits per heavy atom. The monoisotopic (exact) mass is 680 g/mol. The number of H-pyrrole nitrogens is 1. The van der Waals surface area contributed by atoms with Gasteiger partial charge in [0.2, 0.25) is 0 Å². The number of hydrogen-bond donors (Lipinski definition) is 1. The molecule has 0 amide bonds. The lowest BCUT2D eigenvalue weighted by Crippen LogP contribution is -2.67. The van der Waals surface area contributed by atoms with E-state index in [2.05, 4.69) is 98.6 Å². The van der Waals surface area contributed by atoms with Crippen LogP contribution in [0.5, 0.6) is 0 Å². The molecule has 1 saturated heterocycles. The van der Waals surface area contributed by atoms with Crippen molar-refractivity contribution in [3.63, 3.8) is 0 Å².